The Morgan fingerprint density at radius 3 is 2.32 bits per heavy atom. The van der Waals surface area contributed by atoms with Crippen molar-refractivity contribution in [1.82, 2.24) is 5.32 Å². The van der Waals surface area contributed by atoms with Gasteiger partial charge in [0.2, 0.25) is 0 Å². The lowest BCUT2D eigenvalue weighted by Crippen LogP contribution is -2.27. The molecule has 0 spiro atoms. The monoisotopic (exact) mass is 263 g/mol. The molecule has 0 heterocycles. The summed E-state index contributed by atoms with van der Waals surface area (Å²) in [7, 11) is 0. The quantitative estimate of drug-likeness (QED) is 0.668. The maximum Gasteiger partial charge on any atom is 0.119 e. The van der Waals surface area contributed by atoms with E-state index in [2.05, 4.69) is 57.3 Å². The standard InChI is InChI=1S/C17H29NO/c1-5-14(3)16-8-10-17(11-9-16)19-13-7-12-18-15(4)6-2/h8-11,14-15,18H,5-7,12-13H2,1-4H3/t14-,15+/m1/s1. The van der Waals surface area contributed by atoms with Crippen molar-refractivity contribution in [3.8, 4) is 5.75 Å². The third kappa shape index (κ3) is 6.11. The molecule has 1 aromatic rings. The molecule has 0 bridgehead atoms. The fourth-order valence-electron chi connectivity index (χ4n) is 1.88. The Morgan fingerprint density at radius 2 is 1.74 bits per heavy atom. The van der Waals surface area contributed by atoms with E-state index in [1.165, 1.54) is 18.4 Å². The lowest BCUT2D eigenvalue weighted by Gasteiger charge is -2.12. The maximum absolute atomic E-state index is 5.75. The molecule has 0 fully saturated rings. The first-order valence-corrected chi connectivity index (χ1v) is 7.63. The molecule has 1 aromatic carbocycles. The van der Waals surface area contributed by atoms with Crippen LogP contribution < -0.4 is 10.1 Å². The molecule has 0 saturated heterocycles. The summed E-state index contributed by atoms with van der Waals surface area (Å²) in [6, 6.07) is 9.14. The van der Waals surface area contributed by atoms with Crippen molar-refractivity contribution in [2.75, 3.05) is 13.2 Å². The van der Waals surface area contributed by atoms with Crippen molar-refractivity contribution in [3.63, 3.8) is 0 Å². The van der Waals surface area contributed by atoms with Crippen LogP contribution in [0.5, 0.6) is 5.75 Å². The fourth-order valence-corrected chi connectivity index (χ4v) is 1.88. The van der Waals surface area contributed by atoms with Crippen LogP contribution in [0.25, 0.3) is 0 Å². The van der Waals surface area contributed by atoms with Gasteiger partial charge in [-0.1, -0.05) is 32.9 Å². The molecule has 108 valence electrons. The summed E-state index contributed by atoms with van der Waals surface area (Å²) >= 11 is 0. The van der Waals surface area contributed by atoms with Gasteiger partial charge in [0.25, 0.3) is 0 Å². The van der Waals surface area contributed by atoms with E-state index in [-0.39, 0.29) is 0 Å². The number of ether oxygens (including phenoxy) is 1. The number of hydrogen-bond donors (Lipinski definition) is 1. The van der Waals surface area contributed by atoms with E-state index in [1.807, 2.05) is 0 Å². The van der Waals surface area contributed by atoms with Crippen molar-refractivity contribution in [3.05, 3.63) is 29.8 Å². The molecule has 19 heavy (non-hydrogen) atoms. The summed E-state index contributed by atoms with van der Waals surface area (Å²) in [5.41, 5.74) is 1.40. The molecule has 2 nitrogen and oxygen atoms in total. The topological polar surface area (TPSA) is 21.3 Å². The average molecular weight is 263 g/mol. The highest BCUT2D eigenvalue weighted by Crippen LogP contribution is 2.21. The van der Waals surface area contributed by atoms with Gasteiger partial charge < -0.3 is 10.1 Å². The molecule has 0 aliphatic rings. The predicted octanol–water partition coefficient (Wildman–Crippen LogP) is 4.36. The molecule has 1 rings (SSSR count). The number of rotatable bonds is 9. The highest BCUT2D eigenvalue weighted by atomic mass is 16.5. The SMILES string of the molecule is CC[C@@H](C)c1ccc(OCCCN[C@@H](C)CC)cc1. The van der Waals surface area contributed by atoms with Crippen molar-refractivity contribution in [2.45, 2.75) is 58.9 Å². The van der Waals surface area contributed by atoms with E-state index >= 15 is 0 Å². The lowest BCUT2D eigenvalue weighted by atomic mass is 9.99. The molecular formula is C17H29NO. The van der Waals surface area contributed by atoms with Gasteiger partial charge >= 0.3 is 0 Å². The molecule has 2 heteroatoms. The van der Waals surface area contributed by atoms with Gasteiger partial charge in [-0.25, -0.2) is 0 Å². The average Bonchev–Trinajstić information content (AvgIpc) is 2.46. The smallest absolute Gasteiger partial charge is 0.119 e. The Balaban J connectivity index is 2.23. The molecule has 2 atom stereocenters. The van der Waals surface area contributed by atoms with E-state index in [1.54, 1.807) is 0 Å². The van der Waals surface area contributed by atoms with Crippen molar-refractivity contribution in [2.24, 2.45) is 0 Å². The Labute approximate surface area is 118 Å². The predicted molar refractivity (Wildman–Crippen MR) is 83.0 cm³/mol. The normalized spacial score (nSPS) is 14.1. The summed E-state index contributed by atoms with van der Waals surface area (Å²) in [6.07, 6.45) is 3.41. The lowest BCUT2D eigenvalue weighted by molar-refractivity contribution is 0.305. The molecule has 0 aromatic heterocycles. The maximum atomic E-state index is 5.75. The second-order valence-corrected chi connectivity index (χ2v) is 5.34. The second kappa shape index (κ2) is 8.98. The van der Waals surface area contributed by atoms with Crippen molar-refractivity contribution < 1.29 is 4.74 Å². The molecule has 0 saturated carbocycles. The third-order valence-corrected chi connectivity index (χ3v) is 3.76. The Morgan fingerprint density at radius 1 is 1.05 bits per heavy atom. The zero-order valence-electron chi connectivity index (χ0n) is 12.9. The van der Waals surface area contributed by atoms with Gasteiger partial charge in [-0.15, -0.1) is 0 Å². The minimum absolute atomic E-state index is 0.606. The van der Waals surface area contributed by atoms with Crippen molar-refractivity contribution >= 4 is 0 Å². The summed E-state index contributed by atoms with van der Waals surface area (Å²) in [6.45, 7) is 10.7. The minimum atomic E-state index is 0.606. The first-order chi connectivity index (χ1) is 9.17. The van der Waals surface area contributed by atoms with Crippen LogP contribution >= 0.6 is 0 Å². The van der Waals surface area contributed by atoms with Crippen LogP contribution in [-0.2, 0) is 0 Å². The van der Waals surface area contributed by atoms with E-state index < -0.39 is 0 Å². The highest BCUT2D eigenvalue weighted by Gasteiger charge is 2.02. The molecule has 0 amide bonds. The van der Waals surface area contributed by atoms with Crippen LogP contribution in [0.4, 0.5) is 0 Å². The molecule has 0 aliphatic heterocycles. The zero-order valence-corrected chi connectivity index (χ0v) is 12.9. The van der Waals surface area contributed by atoms with Crippen LogP contribution in [0.15, 0.2) is 24.3 Å². The van der Waals surface area contributed by atoms with Gasteiger partial charge in [-0.05, 0) is 56.3 Å². The van der Waals surface area contributed by atoms with E-state index in [0.29, 0.717) is 12.0 Å². The van der Waals surface area contributed by atoms with Gasteiger partial charge in [-0.2, -0.15) is 0 Å². The fraction of sp³-hybridized carbons (Fsp3) is 0.647. The molecule has 1 N–H and O–H groups in total. The Hall–Kier alpha value is -1.02. The van der Waals surface area contributed by atoms with Gasteiger partial charge in [0.05, 0.1) is 6.61 Å². The van der Waals surface area contributed by atoms with Gasteiger partial charge in [0.1, 0.15) is 5.75 Å². The number of hydrogen-bond acceptors (Lipinski definition) is 2. The summed E-state index contributed by atoms with van der Waals surface area (Å²) in [4.78, 5) is 0. The largest absolute Gasteiger partial charge is 0.494 e. The number of nitrogens with one attached hydrogen (secondary N) is 1. The summed E-state index contributed by atoms with van der Waals surface area (Å²) < 4.78 is 5.75. The minimum Gasteiger partial charge on any atom is -0.494 e. The summed E-state index contributed by atoms with van der Waals surface area (Å²) in [5.74, 6) is 1.62. The first-order valence-electron chi connectivity index (χ1n) is 7.63. The molecule has 0 unspecified atom stereocenters. The molecule has 0 aliphatic carbocycles. The van der Waals surface area contributed by atoms with Crippen LogP contribution in [0.2, 0.25) is 0 Å². The van der Waals surface area contributed by atoms with Crippen LogP contribution in [-0.4, -0.2) is 19.2 Å². The van der Waals surface area contributed by atoms with E-state index in [4.69, 9.17) is 4.74 Å². The second-order valence-electron chi connectivity index (χ2n) is 5.34. The first kappa shape index (κ1) is 16.0. The Bertz CT molecular complexity index is 334. The molecular weight excluding hydrogens is 234 g/mol. The van der Waals surface area contributed by atoms with Crippen molar-refractivity contribution in [1.29, 1.82) is 0 Å². The van der Waals surface area contributed by atoms with Crippen LogP contribution in [0.1, 0.15) is 58.4 Å². The van der Waals surface area contributed by atoms with E-state index in [9.17, 15) is 0 Å². The Kier molecular flexibility index (Phi) is 7.57. The summed E-state index contributed by atoms with van der Waals surface area (Å²) in [5, 5.41) is 3.47. The van der Waals surface area contributed by atoms with Crippen LogP contribution in [0, 0.1) is 0 Å². The van der Waals surface area contributed by atoms with Gasteiger partial charge in [0.15, 0.2) is 0 Å². The van der Waals surface area contributed by atoms with E-state index in [0.717, 1.165) is 25.3 Å². The third-order valence-electron chi connectivity index (χ3n) is 3.76. The number of benzene rings is 1. The van der Waals surface area contributed by atoms with Crippen LogP contribution in [0.3, 0.4) is 0 Å². The zero-order chi connectivity index (χ0) is 14.1. The van der Waals surface area contributed by atoms with Gasteiger partial charge in [-0.3, -0.25) is 0 Å². The van der Waals surface area contributed by atoms with Gasteiger partial charge in [0, 0.05) is 6.04 Å². The highest BCUT2D eigenvalue weighted by molar-refractivity contribution is 5.29. The molecule has 0 radical (unpaired) electrons.